The van der Waals surface area contributed by atoms with Crippen molar-refractivity contribution in [1.82, 2.24) is 0 Å². The molecule has 38 heavy (non-hydrogen) atoms. The van der Waals surface area contributed by atoms with E-state index < -0.39 is 23.1 Å². The lowest BCUT2D eigenvalue weighted by Gasteiger charge is -2.38. The van der Waals surface area contributed by atoms with E-state index in [0.29, 0.717) is 28.2 Å². The molecule has 7 nitrogen and oxygen atoms in total. The van der Waals surface area contributed by atoms with Crippen LogP contribution in [-0.2, 0) is 32.7 Å². The lowest BCUT2D eigenvalue weighted by atomic mass is 9.67. The van der Waals surface area contributed by atoms with Crippen molar-refractivity contribution in [1.29, 1.82) is 5.26 Å². The maximum atomic E-state index is 14.6. The molecule has 2 N–H and O–H groups in total. The van der Waals surface area contributed by atoms with Gasteiger partial charge in [-0.2, -0.15) is 5.26 Å². The van der Waals surface area contributed by atoms with Gasteiger partial charge in [0.25, 0.3) is 0 Å². The first-order valence-corrected chi connectivity index (χ1v) is 12.3. The van der Waals surface area contributed by atoms with Gasteiger partial charge in [-0.15, -0.1) is 0 Å². The molecular formula is C30H23FN4O3. The predicted molar refractivity (Wildman–Crippen MR) is 139 cm³/mol. The topological polar surface area (TPSA) is 99.7 Å². The Morgan fingerprint density at radius 1 is 1.05 bits per heavy atom. The third kappa shape index (κ3) is 3.05. The number of nitrogens with two attached hydrogens (primary N) is 1. The molecule has 0 saturated carbocycles. The molecule has 8 heteroatoms. The molecule has 0 unspecified atom stereocenters. The number of para-hydroxylation sites is 1. The third-order valence-corrected chi connectivity index (χ3v) is 7.52. The minimum absolute atomic E-state index is 0.0460. The van der Waals surface area contributed by atoms with Crippen molar-refractivity contribution in [2.45, 2.75) is 25.3 Å². The Bertz CT molecular complexity index is 1620. The number of nitriles is 1. The van der Waals surface area contributed by atoms with Crippen LogP contribution >= 0.6 is 0 Å². The largest absolute Gasteiger partial charge is 0.456 e. The summed E-state index contributed by atoms with van der Waals surface area (Å²) in [6, 6.07) is 22.9. The second-order valence-electron chi connectivity index (χ2n) is 9.38. The number of carbonyl (C=O) groups is 2. The van der Waals surface area contributed by atoms with E-state index >= 15 is 0 Å². The van der Waals surface area contributed by atoms with E-state index in [1.54, 1.807) is 47.4 Å². The number of anilines is 2. The number of hydrogen-bond acceptors (Lipinski definition) is 6. The van der Waals surface area contributed by atoms with E-state index in [1.165, 1.54) is 11.0 Å². The number of amides is 1. The third-order valence-electron chi connectivity index (χ3n) is 7.52. The van der Waals surface area contributed by atoms with Gasteiger partial charge in [-0.05, 0) is 36.2 Å². The monoisotopic (exact) mass is 506 g/mol. The molecule has 0 fully saturated rings. The van der Waals surface area contributed by atoms with Crippen LogP contribution in [0, 0.1) is 17.1 Å². The number of nitrogens with zero attached hydrogens (tertiary/aromatic N) is 3. The molecule has 3 heterocycles. The van der Waals surface area contributed by atoms with Crippen molar-refractivity contribution in [3.8, 4) is 6.07 Å². The minimum atomic E-state index is -1.80. The smallest absolute Gasteiger partial charge is 0.338 e. The van der Waals surface area contributed by atoms with Gasteiger partial charge in [0, 0.05) is 22.5 Å². The molecule has 0 aromatic heterocycles. The highest BCUT2D eigenvalue weighted by molar-refractivity contribution is 6.19. The Balaban J connectivity index is 1.60. The Morgan fingerprint density at radius 2 is 1.76 bits per heavy atom. The van der Waals surface area contributed by atoms with Crippen molar-refractivity contribution < 1.29 is 18.7 Å². The van der Waals surface area contributed by atoms with Crippen LogP contribution in [0.4, 0.5) is 15.8 Å². The van der Waals surface area contributed by atoms with Crippen molar-refractivity contribution in [3.63, 3.8) is 0 Å². The zero-order valence-electron chi connectivity index (χ0n) is 20.6. The summed E-state index contributed by atoms with van der Waals surface area (Å²) < 4.78 is 20.1. The number of esters is 1. The first-order chi connectivity index (χ1) is 18.4. The van der Waals surface area contributed by atoms with Gasteiger partial charge in [0.15, 0.2) is 0 Å². The lowest BCUT2D eigenvalue weighted by Crippen LogP contribution is -2.50. The molecule has 188 valence electrons. The van der Waals surface area contributed by atoms with Crippen molar-refractivity contribution in [3.05, 3.63) is 118 Å². The Morgan fingerprint density at radius 3 is 2.47 bits per heavy atom. The number of benzene rings is 3. The van der Waals surface area contributed by atoms with Crippen LogP contribution in [0.3, 0.4) is 0 Å². The van der Waals surface area contributed by atoms with Crippen LogP contribution in [0.5, 0.6) is 0 Å². The van der Waals surface area contributed by atoms with Crippen LogP contribution in [0.2, 0.25) is 0 Å². The highest BCUT2D eigenvalue weighted by atomic mass is 19.1. The highest BCUT2D eigenvalue weighted by Gasteiger charge is 2.64. The van der Waals surface area contributed by atoms with Crippen molar-refractivity contribution >= 4 is 23.3 Å². The Kier molecular flexibility index (Phi) is 5.31. The molecule has 3 aliphatic heterocycles. The number of aryl methyl sites for hydroxylation is 1. The molecule has 3 aliphatic rings. The van der Waals surface area contributed by atoms with Gasteiger partial charge in [-0.1, -0.05) is 55.5 Å². The van der Waals surface area contributed by atoms with Gasteiger partial charge in [-0.3, -0.25) is 9.69 Å². The first kappa shape index (κ1) is 23.5. The second kappa shape index (κ2) is 8.60. The maximum absolute atomic E-state index is 14.6. The summed E-state index contributed by atoms with van der Waals surface area (Å²) in [7, 11) is 0. The number of rotatable bonds is 4. The molecule has 1 atom stereocenters. The molecule has 0 aliphatic carbocycles. The summed E-state index contributed by atoms with van der Waals surface area (Å²) in [6.45, 7) is 1.86. The average molecular weight is 507 g/mol. The van der Waals surface area contributed by atoms with Gasteiger partial charge in [0.05, 0.1) is 23.4 Å². The predicted octanol–water partition coefficient (Wildman–Crippen LogP) is 4.20. The fourth-order valence-electron chi connectivity index (χ4n) is 5.72. The lowest BCUT2D eigenvalue weighted by molar-refractivity contribution is -0.137. The summed E-state index contributed by atoms with van der Waals surface area (Å²) in [5.74, 6) is -1.65. The van der Waals surface area contributed by atoms with Crippen LogP contribution in [0.25, 0.3) is 0 Å². The molecule has 6 rings (SSSR count). The van der Waals surface area contributed by atoms with E-state index in [-0.39, 0.29) is 30.1 Å². The summed E-state index contributed by atoms with van der Waals surface area (Å²) in [5, 5.41) is 10.5. The molecule has 3 aromatic rings. The van der Waals surface area contributed by atoms with Crippen LogP contribution < -0.4 is 15.5 Å². The molecule has 1 amide bonds. The quantitative estimate of drug-likeness (QED) is 0.533. The number of fused-ring (bicyclic) bond motifs is 3. The zero-order valence-corrected chi connectivity index (χ0v) is 20.6. The van der Waals surface area contributed by atoms with Gasteiger partial charge < -0.3 is 15.4 Å². The Hall–Kier alpha value is -4.90. The highest BCUT2D eigenvalue weighted by Crippen LogP contribution is 2.56. The molecule has 1 spiro atoms. The molecule has 0 saturated heterocycles. The molecule has 0 radical (unpaired) electrons. The van der Waals surface area contributed by atoms with Crippen LogP contribution in [0.15, 0.2) is 95.5 Å². The first-order valence-electron chi connectivity index (χ1n) is 12.3. The fourth-order valence-corrected chi connectivity index (χ4v) is 5.72. The van der Waals surface area contributed by atoms with E-state index in [1.807, 2.05) is 31.2 Å². The summed E-state index contributed by atoms with van der Waals surface area (Å²) in [5.41, 5.74) is 8.28. The summed E-state index contributed by atoms with van der Waals surface area (Å²) >= 11 is 0. The number of halogens is 1. The molecular weight excluding hydrogens is 483 g/mol. The normalized spacial score (nSPS) is 20.1. The summed E-state index contributed by atoms with van der Waals surface area (Å²) in [6.07, 6.45) is 0.844. The van der Waals surface area contributed by atoms with Crippen LogP contribution in [-0.4, -0.2) is 18.5 Å². The second-order valence-corrected chi connectivity index (χ2v) is 9.38. The van der Waals surface area contributed by atoms with Crippen LogP contribution in [0.1, 0.15) is 23.6 Å². The SMILES string of the molecule is CCc1ccc(N2C(N)=C(C#N)[C@]3(C(=O)N(Cc4ccccc4F)c4ccccc43)C3=C2COC3=O)cc1. The Labute approximate surface area is 218 Å². The molecule has 3 aromatic carbocycles. The minimum Gasteiger partial charge on any atom is -0.456 e. The van der Waals surface area contributed by atoms with Gasteiger partial charge in [0.2, 0.25) is 5.91 Å². The van der Waals surface area contributed by atoms with E-state index in [0.717, 1.165) is 12.0 Å². The molecule has 0 bridgehead atoms. The van der Waals surface area contributed by atoms with Crippen molar-refractivity contribution in [2.75, 3.05) is 16.4 Å². The fraction of sp³-hybridized carbons (Fsp3) is 0.167. The van der Waals surface area contributed by atoms with Crippen molar-refractivity contribution in [2.24, 2.45) is 5.73 Å². The number of carbonyl (C=O) groups excluding carboxylic acids is 2. The maximum Gasteiger partial charge on any atom is 0.338 e. The van der Waals surface area contributed by atoms with Gasteiger partial charge in [-0.25, -0.2) is 9.18 Å². The average Bonchev–Trinajstić information content (AvgIpc) is 3.42. The number of hydrogen-bond donors (Lipinski definition) is 1. The van der Waals surface area contributed by atoms with E-state index in [9.17, 15) is 19.2 Å². The van der Waals surface area contributed by atoms with Gasteiger partial charge in [0.1, 0.15) is 29.7 Å². The zero-order chi connectivity index (χ0) is 26.6. The van der Waals surface area contributed by atoms with Gasteiger partial charge >= 0.3 is 5.97 Å². The van der Waals surface area contributed by atoms with E-state index in [2.05, 4.69) is 6.07 Å². The standard InChI is InChI=1S/C30H23FN4O3/c1-2-18-11-13-20(14-12-18)35-25-17-38-28(36)26(25)30(22(15-32)27(35)33)21-8-4-6-10-24(21)34(29(30)37)16-19-7-3-5-9-23(19)31/h3-14H,2,16-17,33H2,1H3/t30-/m0/s1. The summed E-state index contributed by atoms with van der Waals surface area (Å²) in [4.78, 5) is 30.9. The number of ether oxygens (including phenoxy) is 1. The number of cyclic esters (lactones) is 1. The van der Waals surface area contributed by atoms with E-state index in [4.69, 9.17) is 10.5 Å².